The van der Waals surface area contributed by atoms with E-state index >= 15 is 0 Å². The molecule has 1 atom stereocenters. The summed E-state index contributed by atoms with van der Waals surface area (Å²) < 4.78 is 0. The number of anilines is 2. The van der Waals surface area contributed by atoms with Gasteiger partial charge in [-0.2, -0.15) is 9.98 Å². The molecule has 1 aliphatic heterocycles. The normalized spacial score (nSPS) is 17.7. The molecule has 1 aromatic heterocycles. The zero-order valence-corrected chi connectivity index (χ0v) is 18.4. The van der Waals surface area contributed by atoms with E-state index in [1.165, 1.54) is 0 Å². The first-order chi connectivity index (χ1) is 14.4. The highest BCUT2D eigenvalue weighted by Crippen LogP contribution is 2.25. The Morgan fingerprint density at radius 2 is 2.13 bits per heavy atom. The smallest absolute Gasteiger partial charge is 0.254 e. The molecule has 0 bridgehead atoms. The van der Waals surface area contributed by atoms with Gasteiger partial charge in [-0.3, -0.25) is 0 Å². The van der Waals surface area contributed by atoms with Crippen LogP contribution in [0.4, 0.5) is 17.5 Å². The third kappa shape index (κ3) is 6.98. The van der Waals surface area contributed by atoms with E-state index in [1.54, 1.807) is 18.2 Å². The molecule has 0 amide bonds. The molecular formula is C20H27Cl2N7O. The summed E-state index contributed by atoms with van der Waals surface area (Å²) in [6.45, 7) is 5.40. The van der Waals surface area contributed by atoms with Crippen molar-refractivity contribution in [3.8, 4) is 0 Å². The summed E-state index contributed by atoms with van der Waals surface area (Å²) >= 11 is 11.9. The number of aryl methyl sites for hydroxylation is 1. The number of piperidine rings is 1. The van der Waals surface area contributed by atoms with Crippen molar-refractivity contribution in [2.45, 2.75) is 32.3 Å². The van der Waals surface area contributed by atoms with Crippen LogP contribution in [0.1, 0.15) is 25.0 Å². The van der Waals surface area contributed by atoms with Crippen LogP contribution in [-0.4, -0.2) is 58.2 Å². The van der Waals surface area contributed by atoms with Crippen LogP contribution in [0.5, 0.6) is 0 Å². The van der Waals surface area contributed by atoms with Crippen molar-refractivity contribution in [1.29, 1.82) is 0 Å². The third-order valence-electron chi connectivity index (χ3n) is 4.69. The molecule has 1 fully saturated rings. The zero-order chi connectivity index (χ0) is 21.5. The molecule has 2 aromatic rings. The average Bonchev–Trinajstić information content (AvgIpc) is 2.68. The Balaban J connectivity index is 1.54. The Kier molecular flexibility index (Phi) is 8.09. The van der Waals surface area contributed by atoms with Gasteiger partial charge in [0.05, 0.1) is 16.1 Å². The fourth-order valence-electron chi connectivity index (χ4n) is 3.30. The van der Waals surface area contributed by atoms with Gasteiger partial charge in [0.2, 0.25) is 5.96 Å². The highest BCUT2D eigenvalue weighted by molar-refractivity contribution is 6.42. The highest BCUT2D eigenvalue weighted by atomic mass is 35.5. The van der Waals surface area contributed by atoms with E-state index in [0.717, 1.165) is 51.1 Å². The lowest BCUT2D eigenvalue weighted by atomic mass is 10.1. The van der Waals surface area contributed by atoms with Crippen LogP contribution in [0.2, 0.25) is 10.0 Å². The number of aromatic nitrogens is 2. The van der Waals surface area contributed by atoms with Crippen LogP contribution in [0.15, 0.2) is 29.3 Å². The predicted molar refractivity (Wildman–Crippen MR) is 123 cm³/mol. The van der Waals surface area contributed by atoms with Gasteiger partial charge in [0.15, 0.2) is 0 Å². The zero-order valence-electron chi connectivity index (χ0n) is 16.9. The molecule has 0 aliphatic carbocycles. The minimum atomic E-state index is -0.195. The predicted octanol–water partition coefficient (Wildman–Crippen LogP) is 3.41. The summed E-state index contributed by atoms with van der Waals surface area (Å²) in [5.74, 6) is 1.11. The number of aliphatic imine (C=N–C) groups is 1. The molecule has 2 heterocycles. The number of guanidine groups is 1. The molecule has 0 saturated carbocycles. The number of likely N-dealkylation sites (tertiary alicyclic amines) is 1. The summed E-state index contributed by atoms with van der Waals surface area (Å²) in [6.07, 6.45) is 2.72. The largest absolute Gasteiger partial charge is 0.392 e. The summed E-state index contributed by atoms with van der Waals surface area (Å²) in [5.41, 5.74) is 7.43. The summed E-state index contributed by atoms with van der Waals surface area (Å²) in [7, 11) is 0. The van der Waals surface area contributed by atoms with Gasteiger partial charge in [-0.1, -0.05) is 23.2 Å². The topological polar surface area (TPSA) is 112 Å². The number of aliphatic hydroxyl groups is 1. The summed E-state index contributed by atoms with van der Waals surface area (Å²) in [6, 6.07) is 6.96. The van der Waals surface area contributed by atoms with Crippen molar-refractivity contribution in [3.63, 3.8) is 0 Å². The monoisotopic (exact) mass is 451 g/mol. The lowest BCUT2D eigenvalue weighted by molar-refractivity contribution is 0.0706. The van der Waals surface area contributed by atoms with Gasteiger partial charge in [0.1, 0.15) is 5.82 Å². The number of halogens is 2. The Labute approximate surface area is 186 Å². The van der Waals surface area contributed by atoms with E-state index in [2.05, 4.69) is 30.5 Å². The Morgan fingerprint density at radius 3 is 2.90 bits per heavy atom. The Bertz CT molecular complexity index is 893. The van der Waals surface area contributed by atoms with E-state index in [0.29, 0.717) is 21.6 Å². The molecule has 30 heavy (non-hydrogen) atoms. The van der Waals surface area contributed by atoms with Crippen LogP contribution < -0.4 is 16.4 Å². The van der Waals surface area contributed by atoms with Crippen LogP contribution >= 0.6 is 23.2 Å². The molecule has 5 N–H and O–H groups in total. The third-order valence-corrected chi connectivity index (χ3v) is 5.43. The Hall–Kier alpha value is -2.13. The molecule has 8 nitrogen and oxygen atoms in total. The first-order valence-corrected chi connectivity index (χ1v) is 10.7. The lowest BCUT2D eigenvalue weighted by Gasteiger charge is -2.29. The number of hydrogen-bond donors (Lipinski definition) is 4. The standard InChI is InChI=1S/C20H27Cl2N7O/c1-13-10-18(24-7-3-9-29-8-2-4-15(30)12-29)27-20(25-13)28-19(23)26-14-5-6-16(21)17(22)11-14/h5-6,10-11,15,30H,2-4,7-9,12H2,1H3,(H4,23,24,25,26,27,28)/t15-/m0/s1. The quantitative estimate of drug-likeness (QED) is 0.289. The first kappa shape index (κ1) is 22.6. The number of nitrogens with two attached hydrogens (primary N) is 1. The van der Waals surface area contributed by atoms with Crippen molar-refractivity contribution in [1.82, 2.24) is 14.9 Å². The molecule has 10 heteroatoms. The van der Waals surface area contributed by atoms with Crippen molar-refractivity contribution >= 4 is 46.6 Å². The first-order valence-electron chi connectivity index (χ1n) is 9.95. The molecular weight excluding hydrogens is 425 g/mol. The second-order valence-electron chi connectivity index (χ2n) is 7.32. The maximum absolute atomic E-state index is 9.75. The fraction of sp³-hybridized carbons (Fsp3) is 0.450. The number of rotatable bonds is 7. The molecule has 1 saturated heterocycles. The highest BCUT2D eigenvalue weighted by Gasteiger charge is 2.16. The SMILES string of the molecule is Cc1cc(NCCCN2CCC[C@H](O)C2)nc(N=C(N)Nc2ccc(Cl)c(Cl)c2)n1. The van der Waals surface area contributed by atoms with Crippen molar-refractivity contribution in [2.75, 3.05) is 36.8 Å². The molecule has 0 spiro atoms. The van der Waals surface area contributed by atoms with Crippen LogP contribution in [0, 0.1) is 6.92 Å². The molecule has 1 aromatic carbocycles. The minimum Gasteiger partial charge on any atom is -0.392 e. The van der Waals surface area contributed by atoms with Gasteiger partial charge in [-0.25, -0.2) is 4.98 Å². The molecule has 3 rings (SSSR count). The summed E-state index contributed by atoms with van der Waals surface area (Å²) in [4.78, 5) is 15.3. The van der Waals surface area contributed by atoms with Crippen molar-refractivity contribution in [3.05, 3.63) is 40.0 Å². The number of nitrogens with zero attached hydrogens (tertiary/aromatic N) is 4. The molecule has 162 valence electrons. The van der Waals surface area contributed by atoms with E-state index in [9.17, 15) is 5.11 Å². The van der Waals surface area contributed by atoms with Gasteiger partial charge in [0, 0.05) is 30.5 Å². The van der Waals surface area contributed by atoms with Crippen LogP contribution in [0.3, 0.4) is 0 Å². The molecule has 1 aliphatic rings. The van der Waals surface area contributed by atoms with E-state index in [-0.39, 0.29) is 18.0 Å². The van der Waals surface area contributed by atoms with Crippen molar-refractivity contribution in [2.24, 2.45) is 10.7 Å². The van der Waals surface area contributed by atoms with Crippen LogP contribution in [-0.2, 0) is 0 Å². The van der Waals surface area contributed by atoms with Gasteiger partial charge < -0.3 is 26.4 Å². The van der Waals surface area contributed by atoms with Crippen LogP contribution in [0.25, 0.3) is 0 Å². The lowest BCUT2D eigenvalue weighted by Crippen LogP contribution is -2.39. The fourth-order valence-corrected chi connectivity index (χ4v) is 3.60. The van der Waals surface area contributed by atoms with Gasteiger partial charge in [-0.15, -0.1) is 0 Å². The number of benzene rings is 1. The molecule has 0 unspecified atom stereocenters. The number of β-amino-alcohol motifs (C(OH)–C–C–N with tert-alkyl or cyclic N) is 1. The average molecular weight is 452 g/mol. The molecule has 0 radical (unpaired) electrons. The van der Waals surface area contributed by atoms with Gasteiger partial charge in [0.25, 0.3) is 5.95 Å². The van der Waals surface area contributed by atoms with E-state index < -0.39 is 0 Å². The number of nitrogens with one attached hydrogen (secondary N) is 2. The van der Waals surface area contributed by atoms with E-state index in [1.807, 2.05) is 13.0 Å². The maximum atomic E-state index is 9.75. The number of aliphatic hydroxyl groups excluding tert-OH is 1. The Morgan fingerprint density at radius 1 is 1.30 bits per heavy atom. The maximum Gasteiger partial charge on any atom is 0.254 e. The number of hydrogen-bond acceptors (Lipinski definition) is 6. The van der Waals surface area contributed by atoms with Gasteiger partial charge >= 0.3 is 0 Å². The van der Waals surface area contributed by atoms with Crippen molar-refractivity contribution < 1.29 is 5.11 Å². The summed E-state index contributed by atoms with van der Waals surface area (Å²) in [5, 5.41) is 16.9. The second-order valence-corrected chi connectivity index (χ2v) is 8.14. The minimum absolute atomic E-state index is 0.147. The second kappa shape index (κ2) is 10.8. The van der Waals surface area contributed by atoms with E-state index in [4.69, 9.17) is 28.9 Å². The van der Waals surface area contributed by atoms with Gasteiger partial charge in [-0.05, 0) is 57.5 Å².